The third-order valence-corrected chi connectivity index (χ3v) is 5.58. The zero-order chi connectivity index (χ0) is 18.5. The fourth-order valence-electron chi connectivity index (χ4n) is 3.08. The van der Waals surface area contributed by atoms with Gasteiger partial charge in [0.05, 0.1) is 19.3 Å². The second kappa shape index (κ2) is 8.36. The van der Waals surface area contributed by atoms with Crippen LogP contribution in [0.4, 0.5) is 5.00 Å². The van der Waals surface area contributed by atoms with Gasteiger partial charge in [-0.05, 0) is 55.9 Å². The van der Waals surface area contributed by atoms with Crippen molar-refractivity contribution in [2.45, 2.75) is 39.0 Å². The molecule has 0 saturated carbocycles. The van der Waals surface area contributed by atoms with Crippen molar-refractivity contribution in [2.75, 3.05) is 19.0 Å². The van der Waals surface area contributed by atoms with Gasteiger partial charge in [-0.15, -0.1) is 11.3 Å². The van der Waals surface area contributed by atoms with E-state index in [9.17, 15) is 9.59 Å². The van der Waals surface area contributed by atoms with Gasteiger partial charge in [0.2, 0.25) is 0 Å². The van der Waals surface area contributed by atoms with E-state index < -0.39 is 0 Å². The second-order valence-electron chi connectivity index (χ2n) is 6.24. The van der Waals surface area contributed by atoms with E-state index in [1.54, 1.807) is 31.4 Å². The van der Waals surface area contributed by atoms with Crippen LogP contribution in [0.1, 0.15) is 57.3 Å². The molecule has 3 rings (SSSR count). The summed E-state index contributed by atoms with van der Waals surface area (Å²) in [6.45, 7) is 2.34. The SMILES string of the molecule is CCCOC(=O)c1c(NC(=O)c2cccc(OC)c2)sc2c1CCCC2. The zero-order valence-corrected chi connectivity index (χ0v) is 15.9. The van der Waals surface area contributed by atoms with Crippen molar-refractivity contribution >= 4 is 28.2 Å². The van der Waals surface area contributed by atoms with E-state index in [0.29, 0.717) is 28.5 Å². The summed E-state index contributed by atoms with van der Waals surface area (Å²) in [5.74, 6) is 0.0185. The van der Waals surface area contributed by atoms with Gasteiger partial charge in [0.25, 0.3) is 5.91 Å². The van der Waals surface area contributed by atoms with Crippen molar-refractivity contribution in [3.8, 4) is 5.75 Å². The molecule has 1 amide bonds. The van der Waals surface area contributed by atoms with E-state index in [4.69, 9.17) is 9.47 Å². The lowest BCUT2D eigenvalue weighted by atomic mass is 9.95. The van der Waals surface area contributed by atoms with Gasteiger partial charge in [-0.3, -0.25) is 4.79 Å². The first-order valence-corrected chi connectivity index (χ1v) is 9.72. The number of carbonyl (C=O) groups is 2. The number of esters is 1. The van der Waals surface area contributed by atoms with Crippen LogP contribution in [0.25, 0.3) is 0 Å². The summed E-state index contributed by atoms with van der Waals surface area (Å²) < 4.78 is 10.5. The highest BCUT2D eigenvalue weighted by molar-refractivity contribution is 7.17. The first-order chi connectivity index (χ1) is 12.6. The van der Waals surface area contributed by atoms with Crippen molar-refractivity contribution in [1.82, 2.24) is 0 Å². The number of methoxy groups -OCH3 is 1. The molecule has 1 heterocycles. The Kier molecular flexibility index (Phi) is 5.93. The summed E-state index contributed by atoms with van der Waals surface area (Å²) in [6, 6.07) is 6.95. The van der Waals surface area contributed by atoms with E-state index in [1.165, 1.54) is 16.2 Å². The van der Waals surface area contributed by atoms with E-state index in [0.717, 1.165) is 37.7 Å². The van der Waals surface area contributed by atoms with Crippen LogP contribution in [0.5, 0.6) is 5.75 Å². The lowest BCUT2D eigenvalue weighted by Gasteiger charge is -2.12. The van der Waals surface area contributed by atoms with Gasteiger partial charge in [-0.1, -0.05) is 13.0 Å². The third kappa shape index (κ3) is 3.90. The molecule has 2 aromatic rings. The molecule has 0 radical (unpaired) electrons. The number of ether oxygens (including phenoxy) is 2. The Morgan fingerprint density at radius 1 is 1.23 bits per heavy atom. The minimum Gasteiger partial charge on any atom is -0.497 e. The summed E-state index contributed by atoms with van der Waals surface area (Å²) >= 11 is 1.49. The monoisotopic (exact) mass is 373 g/mol. The number of fused-ring (bicyclic) bond motifs is 1. The Balaban J connectivity index is 1.89. The van der Waals surface area contributed by atoms with Crippen LogP contribution in [0, 0.1) is 0 Å². The smallest absolute Gasteiger partial charge is 0.341 e. The quantitative estimate of drug-likeness (QED) is 0.760. The molecule has 5 nitrogen and oxygen atoms in total. The molecule has 1 aliphatic carbocycles. The maximum Gasteiger partial charge on any atom is 0.341 e. The Labute approximate surface area is 157 Å². The third-order valence-electron chi connectivity index (χ3n) is 4.37. The number of carbonyl (C=O) groups excluding carboxylic acids is 2. The molecule has 0 saturated heterocycles. The summed E-state index contributed by atoms with van der Waals surface area (Å²) in [4.78, 5) is 26.4. The highest BCUT2D eigenvalue weighted by Gasteiger charge is 2.27. The Morgan fingerprint density at radius 2 is 2.04 bits per heavy atom. The normalized spacial score (nSPS) is 13.0. The number of benzene rings is 1. The van der Waals surface area contributed by atoms with Crippen LogP contribution < -0.4 is 10.1 Å². The second-order valence-corrected chi connectivity index (χ2v) is 7.34. The Morgan fingerprint density at radius 3 is 2.81 bits per heavy atom. The lowest BCUT2D eigenvalue weighted by Crippen LogP contribution is -2.16. The van der Waals surface area contributed by atoms with Crippen LogP contribution in [0.15, 0.2) is 24.3 Å². The molecule has 6 heteroatoms. The lowest BCUT2D eigenvalue weighted by molar-refractivity contribution is 0.0505. The first kappa shape index (κ1) is 18.5. The van der Waals surface area contributed by atoms with Crippen molar-refractivity contribution < 1.29 is 19.1 Å². The molecule has 0 aliphatic heterocycles. The van der Waals surface area contributed by atoms with Crippen LogP contribution in [-0.4, -0.2) is 25.6 Å². The maximum absolute atomic E-state index is 12.7. The fourth-order valence-corrected chi connectivity index (χ4v) is 4.35. The van der Waals surface area contributed by atoms with E-state index in [1.807, 2.05) is 6.92 Å². The topological polar surface area (TPSA) is 64.6 Å². The van der Waals surface area contributed by atoms with Crippen molar-refractivity contribution in [3.63, 3.8) is 0 Å². The van der Waals surface area contributed by atoms with Gasteiger partial charge in [0, 0.05) is 10.4 Å². The number of anilines is 1. The minimum atomic E-state index is -0.341. The predicted octanol–water partition coefficient (Wildman–Crippen LogP) is 4.45. The van der Waals surface area contributed by atoms with E-state index >= 15 is 0 Å². The summed E-state index contributed by atoms with van der Waals surface area (Å²) in [5, 5.41) is 3.50. The number of hydrogen-bond donors (Lipinski definition) is 1. The Hall–Kier alpha value is -2.34. The molecule has 1 N–H and O–H groups in total. The summed E-state index contributed by atoms with van der Waals surface area (Å²) in [7, 11) is 1.56. The molecule has 0 atom stereocenters. The number of thiophene rings is 1. The molecule has 1 aromatic heterocycles. The number of hydrogen-bond acceptors (Lipinski definition) is 5. The highest BCUT2D eigenvalue weighted by Crippen LogP contribution is 2.38. The molecular formula is C20H23NO4S. The number of amides is 1. The van der Waals surface area contributed by atoms with Crippen molar-refractivity contribution in [1.29, 1.82) is 0 Å². The van der Waals surface area contributed by atoms with Crippen LogP contribution >= 0.6 is 11.3 Å². The number of nitrogens with one attached hydrogen (secondary N) is 1. The van der Waals surface area contributed by atoms with E-state index in [-0.39, 0.29) is 11.9 Å². The minimum absolute atomic E-state index is 0.257. The molecule has 0 spiro atoms. The summed E-state index contributed by atoms with van der Waals surface area (Å²) in [6.07, 6.45) is 4.74. The van der Waals surface area contributed by atoms with Crippen LogP contribution in [0.3, 0.4) is 0 Å². The predicted molar refractivity (Wildman–Crippen MR) is 102 cm³/mol. The Bertz CT molecular complexity index is 812. The van der Waals surface area contributed by atoms with Gasteiger partial charge >= 0.3 is 5.97 Å². The van der Waals surface area contributed by atoms with Gasteiger partial charge in [0.15, 0.2) is 0 Å². The molecule has 138 valence electrons. The molecule has 0 bridgehead atoms. The van der Waals surface area contributed by atoms with Gasteiger partial charge in [-0.2, -0.15) is 0 Å². The molecule has 0 unspecified atom stereocenters. The largest absolute Gasteiger partial charge is 0.497 e. The average Bonchev–Trinajstić information content (AvgIpc) is 3.03. The molecule has 0 fully saturated rings. The first-order valence-electron chi connectivity index (χ1n) is 8.91. The van der Waals surface area contributed by atoms with E-state index in [2.05, 4.69) is 5.32 Å². The standard InChI is InChI=1S/C20H23NO4S/c1-3-11-25-20(23)17-15-9-4-5-10-16(15)26-19(17)21-18(22)13-7-6-8-14(12-13)24-2/h6-8,12H,3-5,9-11H2,1-2H3,(H,21,22). The van der Waals surface area contributed by atoms with Crippen molar-refractivity contribution in [2.24, 2.45) is 0 Å². The molecule has 1 aliphatic rings. The van der Waals surface area contributed by atoms with Gasteiger partial charge in [-0.25, -0.2) is 4.79 Å². The maximum atomic E-state index is 12.7. The number of aryl methyl sites for hydroxylation is 1. The highest BCUT2D eigenvalue weighted by atomic mass is 32.1. The molecule has 26 heavy (non-hydrogen) atoms. The molecule has 1 aromatic carbocycles. The number of rotatable bonds is 6. The van der Waals surface area contributed by atoms with Gasteiger partial charge in [0.1, 0.15) is 10.8 Å². The fraction of sp³-hybridized carbons (Fsp3) is 0.400. The average molecular weight is 373 g/mol. The zero-order valence-electron chi connectivity index (χ0n) is 15.1. The van der Waals surface area contributed by atoms with Crippen molar-refractivity contribution in [3.05, 3.63) is 45.8 Å². The molecular weight excluding hydrogens is 350 g/mol. The van der Waals surface area contributed by atoms with Crippen LogP contribution in [-0.2, 0) is 17.6 Å². The van der Waals surface area contributed by atoms with Gasteiger partial charge < -0.3 is 14.8 Å². The summed E-state index contributed by atoms with van der Waals surface area (Å²) in [5.41, 5.74) is 2.07. The van der Waals surface area contributed by atoms with Crippen LogP contribution in [0.2, 0.25) is 0 Å².